The molecule has 90 valence electrons. The van der Waals surface area contributed by atoms with Crippen LogP contribution in [0.5, 0.6) is 0 Å². The molecular formula is C13H13BrClNS. The average Bonchev–Trinajstić information content (AvgIpc) is 2.57. The summed E-state index contributed by atoms with van der Waals surface area (Å²) in [7, 11) is 0. The summed E-state index contributed by atoms with van der Waals surface area (Å²) in [5, 5.41) is 0.739. The summed E-state index contributed by atoms with van der Waals surface area (Å²) >= 11 is 11.3. The number of aryl methyl sites for hydroxylation is 2. The van der Waals surface area contributed by atoms with Crippen molar-refractivity contribution in [2.45, 2.75) is 19.9 Å². The van der Waals surface area contributed by atoms with E-state index in [0.717, 1.165) is 24.8 Å². The number of halogens is 2. The van der Waals surface area contributed by atoms with Crippen molar-refractivity contribution in [2.75, 3.05) is 0 Å². The lowest BCUT2D eigenvalue weighted by molar-refractivity contribution is 0.891. The number of nitrogens with two attached hydrogens (primary N) is 1. The van der Waals surface area contributed by atoms with Crippen LogP contribution in [0.25, 0.3) is 0 Å². The zero-order valence-electron chi connectivity index (χ0n) is 9.63. The van der Waals surface area contributed by atoms with Gasteiger partial charge in [-0.25, -0.2) is 0 Å². The third-order valence-corrected chi connectivity index (χ3v) is 5.04. The molecular weight excluding hydrogens is 318 g/mol. The van der Waals surface area contributed by atoms with Gasteiger partial charge in [-0.05, 0) is 64.7 Å². The van der Waals surface area contributed by atoms with Gasteiger partial charge in [0.25, 0.3) is 0 Å². The van der Waals surface area contributed by atoms with Gasteiger partial charge in [-0.3, -0.25) is 0 Å². The van der Waals surface area contributed by atoms with Gasteiger partial charge in [-0.15, -0.1) is 11.3 Å². The third kappa shape index (κ3) is 2.91. The van der Waals surface area contributed by atoms with Crippen molar-refractivity contribution in [1.29, 1.82) is 0 Å². The summed E-state index contributed by atoms with van der Waals surface area (Å²) in [5.74, 6) is 0. The van der Waals surface area contributed by atoms with Crippen LogP contribution in [0.2, 0.25) is 5.02 Å². The quantitative estimate of drug-likeness (QED) is 0.838. The zero-order chi connectivity index (χ0) is 12.6. The summed E-state index contributed by atoms with van der Waals surface area (Å²) < 4.78 is 1.14. The highest BCUT2D eigenvalue weighted by atomic mass is 79.9. The average molecular weight is 331 g/mol. The first-order chi connectivity index (χ1) is 7.97. The van der Waals surface area contributed by atoms with Gasteiger partial charge in [0.15, 0.2) is 0 Å². The molecule has 0 saturated carbocycles. The Morgan fingerprint density at radius 3 is 2.47 bits per heavy atom. The fraction of sp³-hybridized carbons (Fsp3) is 0.231. The van der Waals surface area contributed by atoms with Crippen molar-refractivity contribution >= 4 is 38.9 Å². The maximum Gasteiger partial charge on any atom is 0.0731 e. The first kappa shape index (κ1) is 13.1. The minimum atomic E-state index is -0.109. The van der Waals surface area contributed by atoms with Crippen LogP contribution in [0, 0.1) is 13.8 Å². The molecule has 0 fully saturated rings. The summed E-state index contributed by atoms with van der Waals surface area (Å²) in [4.78, 5) is 1.15. The van der Waals surface area contributed by atoms with Gasteiger partial charge in [-0.1, -0.05) is 17.7 Å². The second-order valence-corrected chi connectivity index (χ2v) is 6.98. The molecule has 1 heterocycles. The number of hydrogen-bond acceptors (Lipinski definition) is 2. The lowest BCUT2D eigenvalue weighted by Crippen LogP contribution is -2.10. The molecule has 0 radical (unpaired) electrons. The standard InChI is InChI=1S/C13H13BrClNS/c1-7-3-9(6-10(15)4-7)12(16)11-5-8(2)13(14)17-11/h3-6,12H,16H2,1-2H3. The van der Waals surface area contributed by atoms with E-state index in [9.17, 15) is 0 Å². The maximum atomic E-state index is 6.27. The van der Waals surface area contributed by atoms with Crippen LogP contribution >= 0.6 is 38.9 Å². The molecule has 2 rings (SSSR count). The SMILES string of the molecule is Cc1cc(Cl)cc(C(N)c2cc(C)c(Br)s2)c1. The molecule has 1 nitrogen and oxygen atoms in total. The molecule has 2 N–H and O–H groups in total. The van der Waals surface area contributed by atoms with Crippen molar-refractivity contribution in [3.8, 4) is 0 Å². The molecule has 0 aliphatic rings. The minimum absolute atomic E-state index is 0.109. The number of thiophene rings is 1. The predicted molar refractivity (Wildman–Crippen MR) is 79.0 cm³/mol. The van der Waals surface area contributed by atoms with Crippen LogP contribution in [-0.4, -0.2) is 0 Å². The summed E-state index contributed by atoms with van der Waals surface area (Å²) in [6.07, 6.45) is 0. The van der Waals surface area contributed by atoms with E-state index in [1.165, 1.54) is 5.56 Å². The third-order valence-electron chi connectivity index (χ3n) is 2.61. The van der Waals surface area contributed by atoms with E-state index in [4.69, 9.17) is 17.3 Å². The Morgan fingerprint density at radius 2 is 1.94 bits per heavy atom. The van der Waals surface area contributed by atoms with E-state index < -0.39 is 0 Å². The van der Waals surface area contributed by atoms with Gasteiger partial charge in [-0.2, -0.15) is 0 Å². The van der Waals surface area contributed by atoms with Crippen molar-refractivity contribution in [3.05, 3.63) is 54.6 Å². The van der Waals surface area contributed by atoms with Crippen LogP contribution in [0.1, 0.15) is 27.6 Å². The second-order valence-electron chi connectivity index (χ2n) is 4.15. The van der Waals surface area contributed by atoms with Crippen molar-refractivity contribution < 1.29 is 0 Å². The zero-order valence-corrected chi connectivity index (χ0v) is 12.8. The van der Waals surface area contributed by atoms with Crippen molar-refractivity contribution in [3.63, 3.8) is 0 Å². The van der Waals surface area contributed by atoms with Crippen LogP contribution in [0.3, 0.4) is 0 Å². The molecule has 4 heteroatoms. The van der Waals surface area contributed by atoms with Gasteiger partial charge < -0.3 is 5.73 Å². The molecule has 17 heavy (non-hydrogen) atoms. The van der Waals surface area contributed by atoms with Gasteiger partial charge in [0.1, 0.15) is 0 Å². The van der Waals surface area contributed by atoms with Gasteiger partial charge in [0, 0.05) is 9.90 Å². The highest BCUT2D eigenvalue weighted by molar-refractivity contribution is 9.11. The largest absolute Gasteiger partial charge is 0.320 e. The molecule has 1 atom stereocenters. The lowest BCUT2D eigenvalue weighted by atomic mass is 10.0. The van der Waals surface area contributed by atoms with Gasteiger partial charge in [0.05, 0.1) is 9.83 Å². The predicted octanol–water partition coefficient (Wildman–Crippen LogP) is 4.83. The maximum absolute atomic E-state index is 6.27. The first-order valence-electron chi connectivity index (χ1n) is 5.26. The second kappa shape index (κ2) is 5.11. The number of rotatable bonds is 2. The molecule has 0 bridgehead atoms. The van der Waals surface area contributed by atoms with E-state index in [1.54, 1.807) is 11.3 Å². The van der Waals surface area contributed by atoms with Crippen molar-refractivity contribution in [2.24, 2.45) is 5.73 Å². The topological polar surface area (TPSA) is 26.0 Å². The summed E-state index contributed by atoms with van der Waals surface area (Å²) in [6.45, 7) is 4.09. The van der Waals surface area contributed by atoms with E-state index in [1.807, 2.05) is 19.1 Å². The van der Waals surface area contributed by atoms with E-state index in [2.05, 4.69) is 35.0 Å². The summed E-state index contributed by atoms with van der Waals surface area (Å²) in [5.41, 5.74) is 9.68. The van der Waals surface area contributed by atoms with Gasteiger partial charge >= 0.3 is 0 Å². The molecule has 1 unspecified atom stereocenters. The van der Waals surface area contributed by atoms with E-state index in [-0.39, 0.29) is 6.04 Å². The van der Waals surface area contributed by atoms with Crippen LogP contribution in [0.15, 0.2) is 28.1 Å². The molecule has 1 aromatic carbocycles. The molecule has 0 aliphatic carbocycles. The Morgan fingerprint density at radius 1 is 1.24 bits per heavy atom. The Labute approximate surface area is 119 Å². The summed E-state index contributed by atoms with van der Waals surface area (Å²) in [6, 6.07) is 7.97. The molecule has 2 aromatic rings. The fourth-order valence-corrected chi connectivity index (χ4v) is 3.64. The highest BCUT2D eigenvalue weighted by Gasteiger charge is 2.14. The Balaban J connectivity index is 2.39. The van der Waals surface area contributed by atoms with Crippen LogP contribution in [-0.2, 0) is 0 Å². The monoisotopic (exact) mass is 329 g/mol. The molecule has 0 saturated heterocycles. The number of benzene rings is 1. The van der Waals surface area contributed by atoms with Gasteiger partial charge in [0.2, 0.25) is 0 Å². The minimum Gasteiger partial charge on any atom is -0.320 e. The first-order valence-corrected chi connectivity index (χ1v) is 7.24. The molecule has 0 aliphatic heterocycles. The Bertz CT molecular complexity index is 511. The normalized spacial score (nSPS) is 12.8. The van der Waals surface area contributed by atoms with Crippen molar-refractivity contribution in [1.82, 2.24) is 0 Å². The smallest absolute Gasteiger partial charge is 0.0731 e. The van der Waals surface area contributed by atoms with E-state index in [0.29, 0.717) is 0 Å². The fourth-order valence-electron chi connectivity index (χ4n) is 1.75. The Hall–Kier alpha value is -0.350. The Kier molecular flexibility index (Phi) is 3.93. The van der Waals surface area contributed by atoms with Crippen LogP contribution in [0.4, 0.5) is 0 Å². The lowest BCUT2D eigenvalue weighted by Gasteiger charge is -2.11. The molecule has 0 spiro atoms. The van der Waals surface area contributed by atoms with E-state index >= 15 is 0 Å². The number of hydrogen-bond donors (Lipinski definition) is 1. The van der Waals surface area contributed by atoms with Crippen LogP contribution < -0.4 is 5.73 Å². The highest BCUT2D eigenvalue weighted by Crippen LogP contribution is 2.34. The molecule has 1 aromatic heterocycles. The molecule has 0 amide bonds.